The van der Waals surface area contributed by atoms with Crippen LogP contribution in [0, 0.1) is 17.3 Å². The Balaban J connectivity index is 2.25. The van der Waals surface area contributed by atoms with Crippen LogP contribution in [-0.2, 0) is 61.9 Å². The van der Waals surface area contributed by atoms with Gasteiger partial charge in [0.05, 0.1) is 11.5 Å². The average molecular weight is 789 g/mol. The van der Waals surface area contributed by atoms with Crippen LogP contribution < -0.4 is 0 Å². The molecule has 1 saturated carbocycles. The maximum Gasteiger partial charge on any atom is 0.338 e. The van der Waals surface area contributed by atoms with Crippen molar-refractivity contribution >= 4 is 41.8 Å². The first kappa shape index (κ1) is 43.9. The molecule has 4 rings (SSSR count). The number of rotatable bonds is 8. The fraction of sp³-hybridized carbons (Fsp3) is 0.625. The van der Waals surface area contributed by atoms with Crippen molar-refractivity contribution in [1.82, 2.24) is 0 Å². The number of aliphatic hydroxyl groups is 2. The molecule has 308 valence electrons. The summed E-state index contributed by atoms with van der Waals surface area (Å²) in [5.74, 6) is -9.30. The molecule has 16 heteroatoms. The largest absolute Gasteiger partial charge is 0.459 e. The van der Waals surface area contributed by atoms with Crippen LogP contribution in [0.5, 0.6) is 0 Å². The Bertz CT molecular complexity index is 1720. The van der Waals surface area contributed by atoms with E-state index in [1.807, 2.05) is 0 Å². The van der Waals surface area contributed by atoms with Gasteiger partial charge in [-0.2, -0.15) is 0 Å². The smallest absolute Gasteiger partial charge is 0.338 e. The molecular formula is C40H52O16. The van der Waals surface area contributed by atoms with Crippen molar-refractivity contribution in [3.8, 4) is 0 Å². The number of carbonyl (C=O) groups excluding carboxylic acids is 7. The zero-order chi connectivity index (χ0) is 42.0. The Hall–Kier alpha value is -4.83. The van der Waals surface area contributed by atoms with Gasteiger partial charge >= 0.3 is 41.8 Å². The van der Waals surface area contributed by atoms with Crippen molar-refractivity contribution < 1.29 is 76.9 Å². The monoisotopic (exact) mass is 788 g/mol. The fourth-order valence-corrected chi connectivity index (χ4v) is 8.36. The van der Waals surface area contributed by atoms with E-state index in [4.69, 9.17) is 33.2 Å². The fourth-order valence-electron chi connectivity index (χ4n) is 8.36. The molecule has 0 amide bonds. The predicted octanol–water partition coefficient (Wildman–Crippen LogP) is 3.07. The van der Waals surface area contributed by atoms with Gasteiger partial charge in [-0.15, -0.1) is 0 Å². The highest BCUT2D eigenvalue weighted by atomic mass is 16.6. The lowest BCUT2D eigenvalue weighted by molar-refractivity contribution is -0.263. The third-order valence-corrected chi connectivity index (χ3v) is 10.6. The molecule has 1 aliphatic heterocycles. The van der Waals surface area contributed by atoms with E-state index in [2.05, 4.69) is 0 Å². The van der Waals surface area contributed by atoms with Gasteiger partial charge in [0.25, 0.3) is 0 Å². The number of hydrogen-bond donors (Lipinski definition) is 2. The predicted molar refractivity (Wildman–Crippen MR) is 192 cm³/mol. The lowest BCUT2D eigenvalue weighted by atomic mass is 9.66. The second-order valence-corrected chi connectivity index (χ2v) is 15.6. The molecule has 1 unspecified atom stereocenters. The molecule has 1 saturated heterocycles. The molecule has 0 spiro atoms. The highest BCUT2D eigenvalue weighted by molar-refractivity contribution is 5.89. The van der Waals surface area contributed by atoms with E-state index in [1.165, 1.54) is 26.0 Å². The molecule has 0 radical (unpaired) electrons. The van der Waals surface area contributed by atoms with Crippen molar-refractivity contribution in [2.75, 3.05) is 0 Å². The Morgan fingerprint density at radius 2 is 1.36 bits per heavy atom. The topological polar surface area (TPSA) is 225 Å². The van der Waals surface area contributed by atoms with E-state index in [0.29, 0.717) is 0 Å². The minimum atomic E-state index is -2.82. The van der Waals surface area contributed by atoms with Crippen molar-refractivity contribution in [1.29, 1.82) is 0 Å². The summed E-state index contributed by atoms with van der Waals surface area (Å²) < 4.78 is 41.5. The molecular weight excluding hydrogens is 736 g/mol. The van der Waals surface area contributed by atoms with E-state index in [-0.39, 0.29) is 12.0 Å². The molecule has 2 bridgehead atoms. The molecule has 1 heterocycles. The summed E-state index contributed by atoms with van der Waals surface area (Å²) in [6.07, 6.45) is -10.1. The van der Waals surface area contributed by atoms with Crippen LogP contribution in [0.3, 0.4) is 0 Å². The maximum absolute atomic E-state index is 14.2. The van der Waals surface area contributed by atoms with Crippen LogP contribution in [0.1, 0.15) is 98.4 Å². The molecule has 1 aromatic carbocycles. The van der Waals surface area contributed by atoms with Crippen LogP contribution in [0.25, 0.3) is 0 Å². The van der Waals surface area contributed by atoms with Gasteiger partial charge in [-0.25, -0.2) is 4.79 Å². The molecule has 2 N–H and O–H groups in total. The highest BCUT2D eigenvalue weighted by Gasteiger charge is 2.74. The number of fused-ring (bicyclic) bond motifs is 1. The van der Waals surface area contributed by atoms with E-state index in [1.54, 1.807) is 51.1 Å². The lowest BCUT2D eigenvalue weighted by Gasteiger charge is -2.52. The summed E-state index contributed by atoms with van der Waals surface area (Å²) in [5.41, 5.74) is -8.62. The van der Waals surface area contributed by atoms with Crippen molar-refractivity contribution in [2.45, 2.75) is 141 Å². The first-order chi connectivity index (χ1) is 26.0. The Labute approximate surface area is 325 Å². The second kappa shape index (κ2) is 16.7. The molecule has 0 aromatic heterocycles. The maximum atomic E-state index is 14.2. The van der Waals surface area contributed by atoms with Gasteiger partial charge in [0.15, 0.2) is 24.4 Å². The van der Waals surface area contributed by atoms with E-state index in [9.17, 15) is 43.8 Å². The highest BCUT2D eigenvalue weighted by Crippen LogP contribution is 2.56. The number of esters is 7. The lowest BCUT2D eigenvalue weighted by Crippen LogP contribution is -2.70. The second-order valence-electron chi connectivity index (χ2n) is 15.6. The van der Waals surface area contributed by atoms with E-state index >= 15 is 0 Å². The van der Waals surface area contributed by atoms with Gasteiger partial charge in [0.1, 0.15) is 29.0 Å². The van der Waals surface area contributed by atoms with Gasteiger partial charge in [-0.1, -0.05) is 58.0 Å². The van der Waals surface area contributed by atoms with Gasteiger partial charge in [0.2, 0.25) is 0 Å². The van der Waals surface area contributed by atoms with Crippen LogP contribution in [0.4, 0.5) is 0 Å². The molecule has 56 heavy (non-hydrogen) atoms. The van der Waals surface area contributed by atoms with Crippen molar-refractivity contribution in [3.63, 3.8) is 0 Å². The van der Waals surface area contributed by atoms with Gasteiger partial charge in [-0.3, -0.25) is 28.8 Å². The SMILES string of the molecule is CCC(=O)O[C@@H]1[C@@H](OC(C)=O)[C@@H](OC(C)=O)C(C)(C)C=C[C@H](C)[C@H](OC(C)=O)[C@@]2(O)C[C@@](C)(OC(C)=O)[C@@H]3OC(=O)CC[C@]1(O)C(OC(=O)c1ccccc1)[C@@H]32. The molecule has 1 aromatic rings. The normalized spacial score (nSPS) is 35.1. The zero-order valence-electron chi connectivity index (χ0n) is 33.1. The number of benzene rings is 1. The molecule has 16 nitrogen and oxygen atoms in total. The summed E-state index contributed by atoms with van der Waals surface area (Å²) in [7, 11) is 0. The molecule has 2 fully saturated rings. The van der Waals surface area contributed by atoms with Gasteiger partial charge in [-0.05, 0) is 25.5 Å². The minimum absolute atomic E-state index is 0.0266. The van der Waals surface area contributed by atoms with Crippen molar-refractivity contribution in [3.05, 3.63) is 48.0 Å². The third-order valence-electron chi connectivity index (χ3n) is 10.6. The first-order valence-corrected chi connectivity index (χ1v) is 18.5. The summed E-state index contributed by atoms with van der Waals surface area (Å²) >= 11 is 0. The molecule has 2 aliphatic carbocycles. The van der Waals surface area contributed by atoms with Crippen LogP contribution in [0.15, 0.2) is 42.5 Å². The molecule has 11 atom stereocenters. The van der Waals surface area contributed by atoms with Crippen LogP contribution in [-0.4, -0.2) is 105 Å². The Kier molecular flexibility index (Phi) is 13.1. The Morgan fingerprint density at radius 1 is 0.768 bits per heavy atom. The van der Waals surface area contributed by atoms with Crippen molar-refractivity contribution in [2.24, 2.45) is 17.3 Å². The summed E-state index contributed by atoms with van der Waals surface area (Å²) in [6, 6.07) is 7.54. The third kappa shape index (κ3) is 9.07. The Morgan fingerprint density at radius 3 is 1.91 bits per heavy atom. The number of ether oxygens (including phenoxy) is 7. The molecule has 3 aliphatic rings. The first-order valence-electron chi connectivity index (χ1n) is 18.5. The average Bonchev–Trinajstić information content (AvgIpc) is 3.31. The summed E-state index contributed by atoms with van der Waals surface area (Å²) in [4.78, 5) is 92.8. The van der Waals surface area contributed by atoms with E-state index in [0.717, 1.165) is 27.7 Å². The number of carbonyl (C=O) groups is 7. The van der Waals surface area contributed by atoms with Crippen LogP contribution in [0.2, 0.25) is 0 Å². The van der Waals surface area contributed by atoms with E-state index < -0.39 is 132 Å². The standard InChI is InChI=1S/C40H52O16/c1-10-27(45)53-35-30(50-22(3)41)34(52-24(5)43)37(7,8)18-16-21(2)31(51-23(4)42)40(49)20-38(9,56-25(6)44)32-29(40)33(39(35,48)19-17-28(46)54-32)55-36(47)26-14-12-11-13-15-26/h11-16,18,21,29-35,48-49H,10,17,19-20H2,1-9H3/t21-,29+,30-,31-,32+,33?,34+,35+,38+,39-,40+/m0/s1. The van der Waals surface area contributed by atoms with Gasteiger partial charge in [0, 0.05) is 58.3 Å². The number of hydrogen-bond acceptors (Lipinski definition) is 16. The van der Waals surface area contributed by atoms with Crippen LogP contribution >= 0.6 is 0 Å². The summed E-state index contributed by atoms with van der Waals surface area (Å²) in [6.45, 7) is 11.9. The zero-order valence-corrected chi connectivity index (χ0v) is 33.1. The quantitative estimate of drug-likeness (QED) is 0.219. The van der Waals surface area contributed by atoms with Gasteiger partial charge < -0.3 is 43.4 Å². The minimum Gasteiger partial charge on any atom is -0.459 e. The summed E-state index contributed by atoms with van der Waals surface area (Å²) in [5, 5.41) is 26.8.